The maximum Gasteiger partial charge on any atom is 0.419 e. The zero-order valence-corrected chi connectivity index (χ0v) is 50.8. The van der Waals surface area contributed by atoms with Gasteiger partial charge in [0.1, 0.15) is 6.33 Å². The largest absolute Gasteiger partial charge is 0.449 e. The number of fused-ring (bicyclic) bond motifs is 10. The molecule has 3 heterocycles. The van der Waals surface area contributed by atoms with Crippen LogP contribution in [0.5, 0.6) is 0 Å². The van der Waals surface area contributed by atoms with Crippen LogP contribution in [0.15, 0.2) is 18.7 Å². The molecule has 8 saturated carbocycles. The van der Waals surface area contributed by atoms with Gasteiger partial charge in [-0.3, -0.25) is 0 Å². The summed E-state index contributed by atoms with van der Waals surface area (Å²) in [4.78, 5) is 30.4. The van der Waals surface area contributed by atoms with Crippen molar-refractivity contribution < 1.29 is 44.6 Å². The Hall–Kier alpha value is -2.29. The van der Waals surface area contributed by atoms with E-state index in [2.05, 4.69) is 72.6 Å². The standard InChI is InChI=1S/C31H53NO5.C30H48N2O3.C5H11NO.2CH4/c1-5-22-26-17-21(34)10-13-31(26,4)25-11-14-30(3)23(8-9-24(30)27(25)28(22)35)19(2)12-16-37-29(36)32-15-6-7-20(32)18-33;1-6-21-25-17-19(2)9-12-30(25,5)24-10-13-29(4)22(7-8-23(29)26(24)27(21)33)20(3)11-16-35-28(34)32-15-14-31-18-32;7-4-5-2-1-3-6-5;;/h19-28,33-35H,5-18H2,1-4H3;14-15,18-27,33H,6-13,16-17H2,1-5H3;5-7H,1-4H2;2*1H4/t19-,20-,21-,22-,23-,24+,25+,26+,27+,28-,30-,31-;19-,20-,21-,22-,23+,24+,25+,26+,27-,29-,30-;5-;;/m111../s1. The van der Waals surface area contributed by atoms with Crippen LogP contribution < -0.4 is 5.32 Å². The van der Waals surface area contributed by atoms with Crippen LogP contribution in [0.25, 0.3) is 0 Å². The summed E-state index contributed by atoms with van der Waals surface area (Å²) in [6.07, 6.45) is 28.4. The highest BCUT2D eigenvalue weighted by molar-refractivity contribution is 5.70. The highest BCUT2D eigenvalue weighted by atomic mass is 16.6. The van der Waals surface area contributed by atoms with Crippen molar-refractivity contribution in [2.75, 3.05) is 39.5 Å². The molecule has 10 aliphatic rings. The quantitative estimate of drug-likeness (QED) is 0.117. The molecule has 13 nitrogen and oxygen atoms in total. The highest BCUT2D eigenvalue weighted by Gasteiger charge is 2.67. The van der Waals surface area contributed by atoms with E-state index in [0.717, 1.165) is 76.7 Å². The van der Waals surface area contributed by atoms with Crippen molar-refractivity contribution in [1.82, 2.24) is 19.8 Å². The van der Waals surface area contributed by atoms with Gasteiger partial charge >= 0.3 is 12.2 Å². The third kappa shape index (κ3) is 12.6. The molecule has 0 aromatic carbocycles. The van der Waals surface area contributed by atoms with Crippen LogP contribution in [0.4, 0.5) is 9.59 Å². The molecule has 0 radical (unpaired) electrons. The second-order valence-corrected chi connectivity index (χ2v) is 29.6. The molecule has 0 unspecified atom stereocenters. The highest BCUT2D eigenvalue weighted by Crippen LogP contribution is 2.71. The van der Waals surface area contributed by atoms with Crippen LogP contribution in [0, 0.1) is 110 Å². The topological polar surface area (TPSA) is 187 Å². The van der Waals surface area contributed by atoms with E-state index in [4.69, 9.17) is 14.6 Å². The number of nitrogens with zero attached hydrogens (tertiary/aromatic N) is 3. The smallest absolute Gasteiger partial charge is 0.419 e. The van der Waals surface area contributed by atoms with Crippen LogP contribution in [0.3, 0.4) is 0 Å². The lowest BCUT2D eigenvalue weighted by Gasteiger charge is -2.65. The second kappa shape index (κ2) is 27.6. The maximum absolute atomic E-state index is 12.6. The van der Waals surface area contributed by atoms with Crippen LogP contribution in [0.2, 0.25) is 0 Å². The number of aromatic nitrogens is 2. The van der Waals surface area contributed by atoms with Gasteiger partial charge in [-0.05, 0) is 239 Å². The minimum Gasteiger partial charge on any atom is -0.449 e. The monoisotopic (exact) mass is 1140 g/mol. The lowest BCUT2D eigenvalue weighted by Crippen LogP contribution is -2.62. The second-order valence-electron chi connectivity index (χ2n) is 29.6. The molecule has 0 spiro atoms. The van der Waals surface area contributed by atoms with Crippen molar-refractivity contribution in [3.8, 4) is 0 Å². The predicted octanol–water partition coefficient (Wildman–Crippen LogP) is 13.0. The van der Waals surface area contributed by atoms with Crippen LogP contribution in [-0.2, 0) is 9.47 Å². The predicted molar refractivity (Wildman–Crippen MR) is 323 cm³/mol. The number of aliphatic hydroxyl groups is 5. The summed E-state index contributed by atoms with van der Waals surface area (Å²) >= 11 is 0. The molecule has 1 aromatic heterocycles. The molecule has 1 aromatic rings. The zero-order chi connectivity index (χ0) is 56.6. The first-order chi connectivity index (χ1) is 37.8. The molecular weight excluding hydrogens is 1020 g/mol. The number of aliphatic hydroxyl groups excluding tert-OH is 5. The number of hydrogen-bond acceptors (Lipinski definition) is 11. The van der Waals surface area contributed by atoms with Crippen LogP contribution >= 0.6 is 0 Å². The Balaban J connectivity index is 0.000000204. The Kier molecular flexibility index (Phi) is 22.6. The van der Waals surface area contributed by atoms with Gasteiger partial charge < -0.3 is 45.2 Å². The number of imidazole rings is 1. The van der Waals surface area contributed by atoms with Gasteiger partial charge in [-0.15, -0.1) is 0 Å². The summed E-state index contributed by atoms with van der Waals surface area (Å²) in [7, 11) is 0. The van der Waals surface area contributed by atoms with Gasteiger partial charge in [-0.2, -0.15) is 0 Å². The molecule has 1 amide bonds. The van der Waals surface area contributed by atoms with E-state index in [9.17, 15) is 30.0 Å². The number of nitrogens with one attached hydrogen (secondary N) is 1. The van der Waals surface area contributed by atoms with Crippen molar-refractivity contribution in [2.45, 2.75) is 249 Å². The first-order valence-corrected chi connectivity index (χ1v) is 32.9. The molecule has 10 fully saturated rings. The van der Waals surface area contributed by atoms with E-state index in [0.29, 0.717) is 126 Å². The lowest BCUT2D eigenvalue weighted by molar-refractivity contribution is -0.203. The average molecular weight is 1140 g/mol. The third-order valence-corrected chi connectivity index (χ3v) is 26.1. The van der Waals surface area contributed by atoms with Crippen molar-refractivity contribution in [3.63, 3.8) is 0 Å². The fraction of sp³-hybridized carbons (Fsp3) is 0.926. The van der Waals surface area contributed by atoms with E-state index < -0.39 is 0 Å². The fourth-order valence-electron chi connectivity index (χ4n) is 21.9. The molecule has 13 heteroatoms. The summed E-state index contributed by atoms with van der Waals surface area (Å²) in [5, 5.41) is 55.5. The van der Waals surface area contributed by atoms with Crippen LogP contribution in [-0.4, -0.2) is 122 Å². The van der Waals surface area contributed by atoms with Crippen LogP contribution in [0.1, 0.15) is 218 Å². The summed E-state index contributed by atoms with van der Waals surface area (Å²) in [6.45, 7) is 24.9. The Morgan fingerprint density at radius 2 is 1.16 bits per heavy atom. The lowest BCUT2D eigenvalue weighted by atomic mass is 9.41. The molecule has 81 heavy (non-hydrogen) atoms. The molecule has 6 N–H and O–H groups in total. The molecule has 466 valence electrons. The van der Waals surface area contributed by atoms with E-state index in [1.807, 2.05) is 0 Å². The van der Waals surface area contributed by atoms with Crippen molar-refractivity contribution in [2.24, 2.45) is 110 Å². The van der Waals surface area contributed by atoms with Crippen molar-refractivity contribution in [1.29, 1.82) is 0 Å². The van der Waals surface area contributed by atoms with Gasteiger partial charge in [0.25, 0.3) is 0 Å². The number of amides is 1. The Labute approximate surface area is 492 Å². The molecular formula is C68H120N4O9. The molecule has 8 aliphatic carbocycles. The summed E-state index contributed by atoms with van der Waals surface area (Å²) < 4.78 is 12.6. The Morgan fingerprint density at radius 3 is 1.64 bits per heavy atom. The van der Waals surface area contributed by atoms with Gasteiger partial charge in [0.2, 0.25) is 0 Å². The van der Waals surface area contributed by atoms with Gasteiger partial charge in [-0.1, -0.05) is 96.4 Å². The van der Waals surface area contributed by atoms with Gasteiger partial charge in [0.05, 0.1) is 50.8 Å². The molecule has 2 saturated heterocycles. The van der Waals surface area contributed by atoms with Crippen molar-refractivity contribution >= 4 is 12.2 Å². The third-order valence-electron chi connectivity index (χ3n) is 26.1. The average Bonchev–Trinajstić information content (AvgIpc) is 2.22. The number of rotatable bonds is 12. The number of hydrogen-bond donors (Lipinski definition) is 6. The van der Waals surface area contributed by atoms with E-state index in [1.165, 1.54) is 87.9 Å². The van der Waals surface area contributed by atoms with E-state index >= 15 is 0 Å². The first kappa shape index (κ1) is 66.2. The number of carbonyl (C=O) groups is 2. The van der Waals surface area contributed by atoms with Gasteiger partial charge in [0.15, 0.2) is 0 Å². The maximum atomic E-state index is 12.6. The summed E-state index contributed by atoms with van der Waals surface area (Å²) in [5.41, 5.74) is 1.17. The first-order valence-electron chi connectivity index (χ1n) is 32.9. The van der Waals surface area contributed by atoms with Crippen molar-refractivity contribution in [3.05, 3.63) is 18.7 Å². The molecule has 2 aliphatic heterocycles. The Bertz CT molecular complexity index is 2120. The molecule has 24 atom stereocenters. The minimum absolute atomic E-state index is 0. The fourth-order valence-corrected chi connectivity index (χ4v) is 21.9. The minimum atomic E-state index is -0.341. The molecule has 0 bridgehead atoms. The van der Waals surface area contributed by atoms with E-state index in [1.54, 1.807) is 17.3 Å². The Morgan fingerprint density at radius 1 is 0.642 bits per heavy atom. The normalized spacial score (nSPS) is 44.5. The van der Waals surface area contributed by atoms with E-state index in [-0.39, 0.29) is 68.8 Å². The molecule has 11 rings (SSSR count). The summed E-state index contributed by atoms with van der Waals surface area (Å²) in [6, 6.07) is 0.317. The number of ether oxygens (including phenoxy) is 2. The summed E-state index contributed by atoms with van der Waals surface area (Å²) in [5.74, 6) is 8.20. The number of carbonyl (C=O) groups excluding carboxylic acids is 2. The van der Waals surface area contributed by atoms with Gasteiger partial charge in [-0.25, -0.2) is 19.1 Å². The zero-order valence-electron chi connectivity index (χ0n) is 50.8. The SMILES string of the molecule is C.C.CC[C@H]1[C@@H](O)[C@@H]2[C@H](CC[C@]3(C)[C@@H]([C@H](C)CCOC(=O)N4CCC[C@@H]4CO)CC[C@@H]23)[C@@]2(C)CC[C@@H](O)C[C@@H]12.CC[C@H]1[C@@H](O)[C@@H]2[C@H](CC[C@]3(C)[C@@H]([C@H](C)CCOC(=O)n4ccnc4)CC[C@@H]23)[C@@]2(C)CC[C@@H](C)C[C@@H]12.OC[C@H]1CCCN1. The number of likely N-dealkylation sites (tertiary alicyclic amines) is 1. The van der Waals surface area contributed by atoms with Gasteiger partial charge in [0, 0.05) is 25.0 Å².